The lowest BCUT2D eigenvalue weighted by Gasteiger charge is -2.05. The van der Waals surface area contributed by atoms with Gasteiger partial charge in [0.05, 0.1) is 10.6 Å². The van der Waals surface area contributed by atoms with Crippen molar-refractivity contribution in [2.24, 2.45) is 0 Å². The van der Waals surface area contributed by atoms with Crippen molar-refractivity contribution >= 4 is 29.7 Å². The molecule has 0 saturated heterocycles. The molecule has 2 aromatic rings. The van der Waals surface area contributed by atoms with Crippen molar-refractivity contribution in [2.75, 3.05) is 6.54 Å². The lowest BCUT2D eigenvalue weighted by atomic mass is 10.1. The van der Waals surface area contributed by atoms with Gasteiger partial charge in [0.15, 0.2) is 0 Å². The molecule has 7 heteroatoms. The number of ether oxygens (including phenoxy) is 1. The van der Waals surface area contributed by atoms with Crippen LogP contribution in [0.15, 0.2) is 48.5 Å². The van der Waals surface area contributed by atoms with Gasteiger partial charge in [-0.25, -0.2) is 14.0 Å². The van der Waals surface area contributed by atoms with Crippen LogP contribution < -0.4 is 5.32 Å². The smallest absolute Gasteiger partial charge is 0.407 e. The van der Waals surface area contributed by atoms with E-state index in [1.54, 1.807) is 0 Å². The SMILES string of the molecule is O=C(NCC=Cc1cc(Cl)c(C(=O)O)cc1F)OCc1ccccc1. The van der Waals surface area contributed by atoms with E-state index in [1.165, 1.54) is 18.2 Å². The molecule has 0 fully saturated rings. The van der Waals surface area contributed by atoms with Crippen LogP contribution in [0.25, 0.3) is 6.08 Å². The largest absolute Gasteiger partial charge is 0.478 e. The maximum atomic E-state index is 13.8. The average molecular weight is 364 g/mol. The standard InChI is InChI=1S/C18H15ClFNO4/c19-15-9-13(16(20)10-14(15)17(22)23)7-4-8-21-18(24)25-11-12-5-2-1-3-6-12/h1-7,9-10H,8,11H2,(H,21,24)(H,22,23). The molecule has 0 spiro atoms. The summed E-state index contributed by atoms with van der Waals surface area (Å²) < 4.78 is 18.8. The summed E-state index contributed by atoms with van der Waals surface area (Å²) in [6.45, 7) is 0.267. The molecule has 2 aromatic carbocycles. The fourth-order valence-corrected chi connectivity index (χ4v) is 2.21. The van der Waals surface area contributed by atoms with Gasteiger partial charge in [0, 0.05) is 12.1 Å². The van der Waals surface area contributed by atoms with Crippen LogP contribution in [0.3, 0.4) is 0 Å². The molecule has 130 valence electrons. The number of aromatic carboxylic acids is 1. The molecule has 0 aliphatic rings. The fraction of sp³-hybridized carbons (Fsp3) is 0.111. The molecule has 0 heterocycles. The van der Waals surface area contributed by atoms with E-state index in [4.69, 9.17) is 21.4 Å². The Morgan fingerprint density at radius 2 is 1.96 bits per heavy atom. The minimum absolute atomic E-state index is 0.0659. The van der Waals surface area contributed by atoms with Gasteiger partial charge in [-0.2, -0.15) is 0 Å². The van der Waals surface area contributed by atoms with Gasteiger partial charge in [-0.05, 0) is 17.7 Å². The predicted molar refractivity (Wildman–Crippen MR) is 92.0 cm³/mol. The van der Waals surface area contributed by atoms with E-state index >= 15 is 0 Å². The zero-order valence-corrected chi connectivity index (χ0v) is 13.8. The van der Waals surface area contributed by atoms with Gasteiger partial charge in [-0.1, -0.05) is 54.1 Å². The summed E-state index contributed by atoms with van der Waals surface area (Å²) in [5.41, 5.74) is 0.678. The first-order valence-electron chi connectivity index (χ1n) is 7.31. The molecule has 2 rings (SSSR count). The van der Waals surface area contributed by atoms with E-state index in [1.807, 2.05) is 30.3 Å². The Kier molecular flexibility index (Phi) is 6.54. The second-order valence-electron chi connectivity index (χ2n) is 5.00. The minimum atomic E-state index is -1.30. The van der Waals surface area contributed by atoms with E-state index in [0.717, 1.165) is 11.6 Å². The molecular formula is C18H15ClFNO4. The van der Waals surface area contributed by atoms with Crippen LogP contribution in [0.5, 0.6) is 0 Å². The van der Waals surface area contributed by atoms with E-state index in [2.05, 4.69) is 5.32 Å². The Balaban J connectivity index is 1.84. The lowest BCUT2D eigenvalue weighted by molar-refractivity contribution is 0.0696. The van der Waals surface area contributed by atoms with Crippen molar-refractivity contribution in [1.82, 2.24) is 5.32 Å². The molecule has 0 saturated carbocycles. The van der Waals surface area contributed by atoms with Gasteiger partial charge < -0.3 is 15.2 Å². The number of carboxylic acid groups (broad SMARTS) is 1. The number of rotatable bonds is 6. The maximum Gasteiger partial charge on any atom is 0.407 e. The quantitative estimate of drug-likeness (QED) is 0.809. The van der Waals surface area contributed by atoms with Gasteiger partial charge in [0.25, 0.3) is 0 Å². The third-order valence-corrected chi connectivity index (χ3v) is 3.50. The molecule has 5 nitrogen and oxygen atoms in total. The summed E-state index contributed by atoms with van der Waals surface area (Å²) in [5.74, 6) is -2.02. The minimum Gasteiger partial charge on any atom is -0.478 e. The Labute approximate surface area is 148 Å². The van der Waals surface area contributed by atoms with E-state index in [-0.39, 0.29) is 29.3 Å². The molecule has 25 heavy (non-hydrogen) atoms. The number of hydrogen-bond acceptors (Lipinski definition) is 3. The number of nitrogens with one attached hydrogen (secondary N) is 1. The maximum absolute atomic E-state index is 13.8. The summed E-state index contributed by atoms with van der Waals surface area (Å²) in [4.78, 5) is 22.4. The van der Waals surface area contributed by atoms with Gasteiger partial charge >= 0.3 is 12.1 Å². The molecular weight excluding hydrogens is 349 g/mol. The molecule has 2 N–H and O–H groups in total. The van der Waals surface area contributed by atoms with Crippen LogP contribution >= 0.6 is 11.6 Å². The summed E-state index contributed by atoms with van der Waals surface area (Å²) >= 11 is 5.79. The summed E-state index contributed by atoms with van der Waals surface area (Å²) in [6.07, 6.45) is 2.29. The molecule has 0 aliphatic heterocycles. The van der Waals surface area contributed by atoms with Crippen molar-refractivity contribution in [3.8, 4) is 0 Å². The van der Waals surface area contributed by atoms with E-state index < -0.39 is 17.9 Å². The third-order valence-electron chi connectivity index (χ3n) is 3.19. The third kappa shape index (κ3) is 5.61. The average Bonchev–Trinajstić information content (AvgIpc) is 2.60. The zero-order valence-electron chi connectivity index (χ0n) is 13.0. The molecule has 0 radical (unpaired) electrons. The molecule has 0 bridgehead atoms. The van der Waals surface area contributed by atoms with Gasteiger partial charge in [-0.15, -0.1) is 0 Å². The highest BCUT2D eigenvalue weighted by Gasteiger charge is 2.12. The Morgan fingerprint density at radius 1 is 1.24 bits per heavy atom. The molecule has 0 aromatic heterocycles. The van der Waals surface area contributed by atoms with Crippen LogP contribution in [0.4, 0.5) is 9.18 Å². The summed E-state index contributed by atoms with van der Waals surface area (Å²) in [6, 6.07) is 11.3. The first-order chi connectivity index (χ1) is 12.0. The number of carboxylic acids is 1. The van der Waals surface area contributed by atoms with Gasteiger partial charge in [0.1, 0.15) is 12.4 Å². The monoisotopic (exact) mass is 363 g/mol. The van der Waals surface area contributed by atoms with Crippen LogP contribution in [0.2, 0.25) is 5.02 Å². The highest BCUT2D eigenvalue weighted by molar-refractivity contribution is 6.33. The summed E-state index contributed by atoms with van der Waals surface area (Å²) in [7, 11) is 0. The Morgan fingerprint density at radius 3 is 2.64 bits per heavy atom. The highest BCUT2D eigenvalue weighted by atomic mass is 35.5. The van der Waals surface area contributed by atoms with E-state index in [9.17, 15) is 14.0 Å². The number of halogens is 2. The van der Waals surface area contributed by atoms with Crippen LogP contribution in [0, 0.1) is 5.82 Å². The van der Waals surface area contributed by atoms with Gasteiger partial charge in [0.2, 0.25) is 0 Å². The fourth-order valence-electron chi connectivity index (χ4n) is 1.96. The topological polar surface area (TPSA) is 75.6 Å². The number of carbonyl (C=O) groups is 2. The van der Waals surface area contributed by atoms with E-state index in [0.29, 0.717) is 0 Å². The second-order valence-corrected chi connectivity index (χ2v) is 5.41. The number of amides is 1. The summed E-state index contributed by atoms with van der Waals surface area (Å²) in [5, 5.41) is 11.3. The first-order valence-corrected chi connectivity index (χ1v) is 7.68. The Bertz CT molecular complexity index is 793. The normalized spacial score (nSPS) is 10.6. The lowest BCUT2D eigenvalue weighted by Crippen LogP contribution is -2.24. The van der Waals surface area contributed by atoms with Crippen molar-refractivity contribution in [3.05, 3.63) is 76.1 Å². The van der Waals surface area contributed by atoms with Crippen molar-refractivity contribution in [2.45, 2.75) is 6.61 Å². The van der Waals surface area contributed by atoms with Crippen molar-refractivity contribution in [1.29, 1.82) is 0 Å². The molecule has 0 aliphatic carbocycles. The van der Waals surface area contributed by atoms with Crippen LogP contribution in [-0.4, -0.2) is 23.7 Å². The van der Waals surface area contributed by atoms with Gasteiger partial charge in [-0.3, -0.25) is 0 Å². The number of carbonyl (C=O) groups excluding carboxylic acids is 1. The highest BCUT2D eigenvalue weighted by Crippen LogP contribution is 2.21. The zero-order chi connectivity index (χ0) is 18.2. The number of benzene rings is 2. The number of alkyl carbamates (subject to hydrolysis) is 1. The predicted octanol–water partition coefficient (Wildman–Crippen LogP) is 4.12. The van der Waals surface area contributed by atoms with Crippen LogP contribution in [-0.2, 0) is 11.3 Å². The van der Waals surface area contributed by atoms with Crippen molar-refractivity contribution < 1.29 is 23.8 Å². The second kappa shape index (κ2) is 8.84. The van der Waals surface area contributed by atoms with Crippen LogP contribution in [0.1, 0.15) is 21.5 Å². The van der Waals surface area contributed by atoms with Crippen molar-refractivity contribution in [3.63, 3.8) is 0 Å². The molecule has 0 atom stereocenters. The first kappa shape index (κ1) is 18.5. The molecule has 1 amide bonds. The number of hydrogen-bond donors (Lipinski definition) is 2. The Hall–Kier alpha value is -2.86. The molecule has 0 unspecified atom stereocenters.